The van der Waals surface area contributed by atoms with Gasteiger partial charge in [-0.15, -0.1) is 0 Å². The fourth-order valence-corrected chi connectivity index (χ4v) is 2.50. The van der Waals surface area contributed by atoms with Crippen LogP contribution in [0, 0.1) is 5.92 Å². The van der Waals surface area contributed by atoms with Crippen LogP contribution in [0.5, 0.6) is 0 Å². The number of unbranched alkanes of at least 4 members (excludes halogenated alkanes) is 3. The molecule has 0 bridgehead atoms. The van der Waals surface area contributed by atoms with E-state index in [4.69, 9.17) is 5.73 Å². The van der Waals surface area contributed by atoms with Crippen molar-refractivity contribution in [3.63, 3.8) is 0 Å². The first-order valence-corrected chi connectivity index (χ1v) is 8.13. The summed E-state index contributed by atoms with van der Waals surface area (Å²) in [6.45, 7) is 6.62. The van der Waals surface area contributed by atoms with E-state index in [0.29, 0.717) is 0 Å². The normalized spacial score (nSPS) is 11.2. The van der Waals surface area contributed by atoms with Gasteiger partial charge in [0.15, 0.2) is 0 Å². The zero-order valence-corrected chi connectivity index (χ0v) is 13.8. The van der Waals surface area contributed by atoms with Crippen LogP contribution in [-0.4, -0.2) is 6.54 Å². The predicted octanol–water partition coefficient (Wildman–Crippen LogP) is 4.73. The van der Waals surface area contributed by atoms with Crippen LogP contribution in [-0.2, 0) is 6.54 Å². The number of hydrogen-bond donors (Lipinski definition) is 2. The Labute approximate surface area is 126 Å². The van der Waals surface area contributed by atoms with Crippen LogP contribution in [0.3, 0.4) is 0 Å². The van der Waals surface area contributed by atoms with Crippen molar-refractivity contribution in [2.24, 2.45) is 5.92 Å². The average molecular weight is 327 g/mol. The molecule has 3 N–H and O–H groups in total. The molecule has 1 aromatic rings. The molecule has 1 aromatic carbocycles. The number of benzene rings is 1. The van der Waals surface area contributed by atoms with Gasteiger partial charge in [-0.2, -0.15) is 0 Å². The minimum absolute atomic E-state index is 0.800. The summed E-state index contributed by atoms with van der Waals surface area (Å²) in [4.78, 5) is 0. The quantitative estimate of drug-likeness (QED) is 0.508. The third-order valence-electron chi connectivity index (χ3n) is 3.28. The first kappa shape index (κ1) is 16.5. The molecule has 0 aliphatic carbocycles. The second-order valence-corrected chi connectivity index (χ2v) is 6.48. The number of anilines is 1. The molecular weight excluding hydrogens is 300 g/mol. The van der Waals surface area contributed by atoms with Crippen molar-refractivity contribution in [2.75, 3.05) is 12.3 Å². The van der Waals surface area contributed by atoms with Crippen molar-refractivity contribution in [3.8, 4) is 0 Å². The maximum absolute atomic E-state index is 5.77. The van der Waals surface area contributed by atoms with Crippen LogP contribution < -0.4 is 11.1 Å². The van der Waals surface area contributed by atoms with E-state index in [1.807, 2.05) is 6.07 Å². The Morgan fingerprint density at radius 2 is 1.89 bits per heavy atom. The highest BCUT2D eigenvalue weighted by Gasteiger charge is 1.98. The van der Waals surface area contributed by atoms with Crippen molar-refractivity contribution >= 4 is 21.6 Å². The van der Waals surface area contributed by atoms with E-state index in [2.05, 4.69) is 47.2 Å². The average Bonchev–Trinajstić information content (AvgIpc) is 2.36. The first-order valence-electron chi connectivity index (χ1n) is 7.34. The van der Waals surface area contributed by atoms with Gasteiger partial charge in [0.05, 0.1) is 0 Å². The Bertz CT molecular complexity index is 364. The van der Waals surface area contributed by atoms with Gasteiger partial charge >= 0.3 is 0 Å². The zero-order chi connectivity index (χ0) is 14.1. The van der Waals surface area contributed by atoms with E-state index in [1.165, 1.54) is 37.7 Å². The van der Waals surface area contributed by atoms with Crippen molar-refractivity contribution in [3.05, 3.63) is 28.2 Å². The minimum atomic E-state index is 0.800. The van der Waals surface area contributed by atoms with Gasteiger partial charge in [0, 0.05) is 16.7 Å². The van der Waals surface area contributed by atoms with Gasteiger partial charge in [0.1, 0.15) is 0 Å². The topological polar surface area (TPSA) is 38.0 Å². The summed E-state index contributed by atoms with van der Waals surface area (Å²) in [6, 6.07) is 6.12. The highest BCUT2D eigenvalue weighted by Crippen LogP contribution is 2.20. The maximum Gasteiger partial charge on any atom is 0.0458 e. The summed E-state index contributed by atoms with van der Waals surface area (Å²) >= 11 is 3.46. The molecule has 0 fully saturated rings. The van der Waals surface area contributed by atoms with E-state index in [1.54, 1.807) is 0 Å². The van der Waals surface area contributed by atoms with Crippen molar-refractivity contribution in [1.29, 1.82) is 0 Å². The molecule has 0 amide bonds. The van der Waals surface area contributed by atoms with E-state index < -0.39 is 0 Å². The van der Waals surface area contributed by atoms with Crippen molar-refractivity contribution in [1.82, 2.24) is 5.32 Å². The summed E-state index contributed by atoms with van der Waals surface area (Å²) in [5.74, 6) is 0.849. The molecule has 2 nitrogen and oxygen atoms in total. The summed E-state index contributed by atoms with van der Waals surface area (Å²) in [6.07, 6.45) is 6.72. The van der Waals surface area contributed by atoms with Gasteiger partial charge in [-0.3, -0.25) is 0 Å². The lowest BCUT2D eigenvalue weighted by molar-refractivity contribution is 0.512. The monoisotopic (exact) mass is 326 g/mol. The Kier molecular flexibility index (Phi) is 8.15. The van der Waals surface area contributed by atoms with Crippen LogP contribution in [0.1, 0.15) is 51.5 Å². The molecule has 0 aliphatic heterocycles. The second kappa shape index (κ2) is 9.38. The highest BCUT2D eigenvalue weighted by atomic mass is 79.9. The lowest BCUT2D eigenvalue weighted by Crippen LogP contribution is -2.14. The number of halogens is 1. The van der Waals surface area contributed by atoms with Crippen LogP contribution in [0.25, 0.3) is 0 Å². The number of rotatable bonds is 9. The smallest absolute Gasteiger partial charge is 0.0458 e. The third kappa shape index (κ3) is 7.58. The van der Waals surface area contributed by atoms with Crippen LogP contribution >= 0.6 is 15.9 Å². The van der Waals surface area contributed by atoms with Crippen LogP contribution in [0.15, 0.2) is 22.7 Å². The van der Waals surface area contributed by atoms with Crippen LogP contribution in [0.2, 0.25) is 0 Å². The van der Waals surface area contributed by atoms with Gasteiger partial charge in [0.2, 0.25) is 0 Å². The molecule has 108 valence electrons. The molecule has 0 aromatic heterocycles. The Hall–Kier alpha value is -0.540. The lowest BCUT2D eigenvalue weighted by Gasteiger charge is -2.07. The molecule has 0 saturated heterocycles. The molecule has 0 atom stereocenters. The first-order chi connectivity index (χ1) is 9.09. The maximum atomic E-state index is 5.77. The minimum Gasteiger partial charge on any atom is -0.398 e. The molecule has 0 spiro atoms. The molecule has 0 saturated carbocycles. The molecule has 0 heterocycles. The van der Waals surface area contributed by atoms with Gasteiger partial charge in [0.25, 0.3) is 0 Å². The van der Waals surface area contributed by atoms with Crippen molar-refractivity contribution < 1.29 is 0 Å². The van der Waals surface area contributed by atoms with E-state index >= 15 is 0 Å². The molecule has 3 heteroatoms. The van der Waals surface area contributed by atoms with Gasteiger partial charge in [-0.1, -0.05) is 45.6 Å². The number of nitrogen functional groups attached to an aromatic ring is 1. The molecule has 1 rings (SSSR count). The molecule has 0 unspecified atom stereocenters. The summed E-state index contributed by atoms with van der Waals surface area (Å²) < 4.78 is 0.987. The number of hydrogen-bond acceptors (Lipinski definition) is 2. The Morgan fingerprint density at radius 3 is 2.58 bits per heavy atom. The van der Waals surface area contributed by atoms with Gasteiger partial charge in [-0.25, -0.2) is 0 Å². The number of nitrogens with one attached hydrogen (secondary N) is 1. The van der Waals surface area contributed by atoms with Crippen LogP contribution in [0.4, 0.5) is 5.69 Å². The second-order valence-electron chi connectivity index (χ2n) is 5.63. The largest absolute Gasteiger partial charge is 0.398 e. The van der Waals surface area contributed by atoms with Gasteiger partial charge < -0.3 is 11.1 Å². The number of nitrogens with two attached hydrogens (primary N) is 1. The molecular formula is C16H27BrN2. The summed E-state index contributed by atoms with van der Waals surface area (Å²) in [5.41, 5.74) is 7.84. The Balaban J connectivity index is 2.03. The predicted molar refractivity (Wildman–Crippen MR) is 88.2 cm³/mol. The fraction of sp³-hybridized carbons (Fsp3) is 0.625. The summed E-state index contributed by atoms with van der Waals surface area (Å²) in [5, 5.41) is 3.49. The Morgan fingerprint density at radius 1 is 1.16 bits per heavy atom. The molecule has 0 aliphatic rings. The zero-order valence-electron chi connectivity index (χ0n) is 12.2. The molecule has 0 radical (unpaired) electrons. The standard InChI is InChI=1S/C16H27BrN2/c1-13(2)7-5-3-4-6-10-19-12-14-8-9-16(18)15(17)11-14/h8-9,11,13,19H,3-7,10,12,18H2,1-2H3. The molecule has 19 heavy (non-hydrogen) atoms. The third-order valence-corrected chi connectivity index (χ3v) is 3.97. The van der Waals surface area contributed by atoms with Gasteiger partial charge in [-0.05, 0) is 52.5 Å². The fourth-order valence-electron chi connectivity index (χ4n) is 2.07. The SMILES string of the molecule is CC(C)CCCCCCNCc1ccc(N)c(Br)c1. The van der Waals surface area contributed by atoms with E-state index in [0.717, 1.165) is 29.2 Å². The lowest BCUT2D eigenvalue weighted by atomic mass is 10.0. The van der Waals surface area contributed by atoms with Crippen molar-refractivity contribution in [2.45, 2.75) is 52.5 Å². The van der Waals surface area contributed by atoms with E-state index in [9.17, 15) is 0 Å². The highest BCUT2D eigenvalue weighted by molar-refractivity contribution is 9.10. The van der Waals surface area contributed by atoms with E-state index in [-0.39, 0.29) is 0 Å². The summed E-state index contributed by atoms with van der Waals surface area (Å²) in [7, 11) is 0.